The Morgan fingerprint density at radius 3 is 2.81 bits per heavy atom. The molecule has 3 heterocycles. The lowest BCUT2D eigenvalue weighted by molar-refractivity contribution is 0.334. The van der Waals surface area contributed by atoms with Gasteiger partial charge in [0.15, 0.2) is 5.69 Å². The van der Waals surface area contributed by atoms with Crippen molar-refractivity contribution < 1.29 is 0 Å². The lowest BCUT2D eigenvalue weighted by atomic mass is 10.1. The first-order valence-electron chi connectivity index (χ1n) is 5.82. The van der Waals surface area contributed by atoms with Crippen LogP contribution in [0.2, 0.25) is 0 Å². The van der Waals surface area contributed by atoms with E-state index in [1.807, 2.05) is 0 Å². The van der Waals surface area contributed by atoms with Crippen LogP contribution in [-0.2, 0) is 13.1 Å². The van der Waals surface area contributed by atoms with Crippen molar-refractivity contribution in [1.29, 1.82) is 5.26 Å². The lowest BCUT2D eigenvalue weighted by Gasteiger charge is -2.24. The number of nitrogens with zero attached hydrogens (tertiary/aromatic N) is 3. The molecule has 84 valence electrons. The fraction of sp³-hybridized carbons (Fsp3) is 0.636. The molecule has 5 nitrogen and oxygen atoms in total. The molecule has 16 heavy (non-hydrogen) atoms. The topological polar surface area (TPSA) is 65.7 Å². The summed E-state index contributed by atoms with van der Waals surface area (Å²) >= 11 is 0. The first-order valence-corrected chi connectivity index (χ1v) is 5.82. The summed E-state index contributed by atoms with van der Waals surface area (Å²) in [5.41, 5.74) is 2.95. The second kappa shape index (κ2) is 3.89. The van der Waals surface area contributed by atoms with Crippen LogP contribution in [0.3, 0.4) is 0 Å². The van der Waals surface area contributed by atoms with E-state index in [-0.39, 0.29) is 0 Å². The summed E-state index contributed by atoms with van der Waals surface area (Å²) in [5.74, 6) is 0. The molecule has 1 saturated heterocycles. The summed E-state index contributed by atoms with van der Waals surface area (Å²) in [7, 11) is 0. The molecule has 2 aliphatic rings. The number of hydrogen-bond donors (Lipinski definition) is 2. The van der Waals surface area contributed by atoms with Gasteiger partial charge in [0.05, 0.1) is 11.7 Å². The van der Waals surface area contributed by atoms with Gasteiger partial charge in [0.2, 0.25) is 0 Å². The Labute approximate surface area is 94.4 Å². The van der Waals surface area contributed by atoms with Crippen molar-refractivity contribution in [2.45, 2.75) is 32.0 Å². The zero-order valence-corrected chi connectivity index (χ0v) is 9.16. The van der Waals surface area contributed by atoms with Crippen LogP contribution in [0.4, 0.5) is 0 Å². The van der Waals surface area contributed by atoms with Crippen LogP contribution in [0.25, 0.3) is 0 Å². The minimum Gasteiger partial charge on any atom is -0.317 e. The molecule has 1 aromatic heterocycles. The van der Waals surface area contributed by atoms with Crippen LogP contribution in [0.5, 0.6) is 0 Å². The van der Waals surface area contributed by atoms with Gasteiger partial charge in [-0.15, -0.1) is 0 Å². The Morgan fingerprint density at radius 2 is 2.06 bits per heavy atom. The highest BCUT2D eigenvalue weighted by atomic mass is 15.3. The Hall–Kier alpha value is -1.38. The van der Waals surface area contributed by atoms with E-state index in [0.717, 1.165) is 44.6 Å². The minimum atomic E-state index is 0.469. The fourth-order valence-electron chi connectivity index (χ4n) is 2.63. The molecule has 2 aliphatic heterocycles. The van der Waals surface area contributed by atoms with E-state index >= 15 is 0 Å². The van der Waals surface area contributed by atoms with E-state index in [2.05, 4.69) is 26.5 Å². The predicted molar refractivity (Wildman–Crippen MR) is 58.6 cm³/mol. The van der Waals surface area contributed by atoms with Crippen molar-refractivity contribution >= 4 is 0 Å². The number of nitrogens with one attached hydrogen (secondary N) is 2. The second-order valence-corrected chi connectivity index (χ2v) is 4.41. The van der Waals surface area contributed by atoms with E-state index < -0.39 is 0 Å². The smallest absolute Gasteiger partial charge is 0.167 e. The van der Waals surface area contributed by atoms with E-state index in [4.69, 9.17) is 5.26 Å². The van der Waals surface area contributed by atoms with Gasteiger partial charge in [-0.3, -0.25) is 4.68 Å². The lowest BCUT2D eigenvalue weighted by Crippen LogP contribution is -2.30. The SMILES string of the molecule is N#Cc1nn(C2CCNCC2)c2c1CNC2. The predicted octanol–water partition coefficient (Wildman–Crippen LogP) is 0.282. The van der Waals surface area contributed by atoms with Crippen LogP contribution in [0.15, 0.2) is 0 Å². The van der Waals surface area contributed by atoms with Crippen LogP contribution in [0.1, 0.15) is 35.8 Å². The van der Waals surface area contributed by atoms with Crippen molar-refractivity contribution in [3.8, 4) is 6.07 Å². The van der Waals surface area contributed by atoms with Crippen molar-refractivity contribution in [1.82, 2.24) is 20.4 Å². The normalized spacial score (nSPS) is 20.7. The number of nitriles is 1. The number of hydrogen-bond acceptors (Lipinski definition) is 4. The molecule has 0 unspecified atom stereocenters. The quantitative estimate of drug-likeness (QED) is 0.709. The number of fused-ring (bicyclic) bond motifs is 1. The van der Waals surface area contributed by atoms with Gasteiger partial charge < -0.3 is 10.6 Å². The van der Waals surface area contributed by atoms with Crippen molar-refractivity contribution in [2.75, 3.05) is 13.1 Å². The fourth-order valence-corrected chi connectivity index (χ4v) is 2.63. The average Bonchev–Trinajstić information content (AvgIpc) is 2.91. The average molecular weight is 217 g/mol. The molecule has 0 spiro atoms. The molecule has 0 bridgehead atoms. The van der Waals surface area contributed by atoms with Gasteiger partial charge >= 0.3 is 0 Å². The van der Waals surface area contributed by atoms with Gasteiger partial charge in [-0.2, -0.15) is 10.4 Å². The molecule has 2 N–H and O–H groups in total. The highest BCUT2D eigenvalue weighted by molar-refractivity contribution is 5.37. The third kappa shape index (κ3) is 1.42. The molecular weight excluding hydrogens is 202 g/mol. The summed E-state index contributed by atoms with van der Waals surface area (Å²) in [5, 5.41) is 20.2. The molecule has 0 amide bonds. The molecule has 0 atom stereocenters. The molecule has 3 rings (SSSR count). The van der Waals surface area contributed by atoms with Crippen LogP contribution >= 0.6 is 0 Å². The molecule has 0 aliphatic carbocycles. The largest absolute Gasteiger partial charge is 0.317 e. The highest BCUT2D eigenvalue weighted by Gasteiger charge is 2.26. The van der Waals surface area contributed by atoms with E-state index in [0.29, 0.717) is 11.7 Å². The molecule has 0 radical (unpaired) electrons. The third-order valence-electron chi connectivity index (χ3n) is 3.47. The Bertz CT molecular complexity index is 436. The maximum Gasteiger partial charge on any atom is 0.167 e. The standard InChI is InChI=1S/C11H15N5/c12-5-10-9-6-14-7-11(9)16(15-10)8-1-3-13-4-2-8/h8,13-14H,1-4,6-7H2. The Balaban J connectivity index is 1.98. The maximum absolute atomic E-state index is 9.05. The summed E-state index contributed by atoms with van der Waals surface area (Å²) < 4.78 is 2.09. The maximum atomic E-state index is 9.05. The molecular formula is C11H15N5. The highest BCUT2D eigenvalue weighted by Crippen LogP contribution is 2.26. The molecule has 0 aromatic carbocycles. The number of aromatic nitrogens is 2. The van der Waals surface area contributed by atoms with Gasteiger partial charge in [-0.25, -0.2) is 0 Å². The molecule has 1 aromatic rings. The molecule has 0 saturated carbocycles. The monoisotopic (exact) mass is 217 g/mol. The van der Waals surface area contributed by atoms with E-state index in [1.54, 1.807) is 0 Å². The van der Waals surface area contributed by atoms with Crippen molar-refractivity contribution in [2.24, 2.45) is 0 Å². The number of piperidine rings is 1. The Morgan fingerprint density at radius 1 is 1.25 bits per heavy atom. The van der Waals surface area contributed by atoms with Crippen molar-refractivity contribution in [3.05, 3.63) is 17.0 Å². The van der Waals surface area contributed by atoms with Gasteiger partial charge in [0, 0.05) is 18.7 Å². The summed E-state index contributed by atoms with van der Waals surface area (Å²) in [6.45, 7) is 3.75. The summed E-state index contributed by atoms with van der Waals surface area (Å²) in [6.07, 6.45) is 2.22. The van der Waals surface area contributed by atoms with Gasteiger partial charge in [-0.1, -0.05) is 0 Å². The molecule has 1 fully saturated rings. The minimum absolute atomic E-state index is 0.469. The van der Waals surface area contributed by atoms with Crippen LogP contribution < -0.4 is 10.6 Å². The van der Waals surface area contributed by atoms with E-state index in [9.17, 15) is 0 Å². The van der Waals surface area contributed by atoms with Gasteiger partial charge in [-0.05, 0) is 25.9 Å². The molecule has 5 heteroatoms. The van der Waals surface area contributed by atoms with E-state index in [1.165, 1.54) is 5.69 Å². The van der Waals surface area contributed by atoms with Gasteiger partial charge in [0.1, 0.15) is 6.07 Å². The second-order valence-electron chi connectivity index (χ2n) is 4.41. The number of rotatable bonds is 1. The van der Waals surface area contributed by atoms with Crippen molar-refractivity contribution in [3.63, 3.8) is 0 Å². The van der Waals surface area contributed by atoms with Crippen LogP contribution in [0, 0.1) is 11.3 Å². The summed E-state index contributed by atoms with van der Waals surface area (Å²) in [4.78, 5) is 0. The first-order chi connectivity index (χ1) is 7.90. The Kier molecular flexibility index (Phi) is 2.39. The first kappa shape index (κ1) is 9.82. The zero-order valence-electron chi connectivity index (χ0n) is 9.16. The zero-order chi connectivity index (χ0) is 11.0. The third-order valence-corrected chi connectivity index (χ3v) is 3.47. The van der Waals surface area contributed by atoms with Gasteiger partial charge in [0.25, 0.3) is 0 Å². The van der Waals surface area contributed by atoms with Crippen LogP contribution in [-0.4, -0.2) is 22.9 Å². The summed E-state index contributed by atoms with van der Waals surface area (Å²) in [6, 6.07) is 2.67.